The van der Waals surface area contributed by atoms with E-state index in [-0.39, 0.29) is 11.8 Å². The number of benzene rings is 2. The minimum atomic E-state index is -0.186. The van der Waals surface area contributed by atoms with E-state index < -0.39 is 0 Å². The summed E-state index contributed by atoms with van der Waals surface area (Å²) in [5.41, 5.74) is 2.42. The number of carbonyl (C=O) groups is 2. The van der Waals surface area contributed by atoms with Crippen molar-refractivity contribution in [3.8, 4) is 0 Å². The molecule has 28 heavy (non-hydrogen) atoms. The third kappa shape index (κ3) is 3.80. The van der Waals surface area contributed by atoms with Crippen molar-refractivity contribution in [2.75, 3.05) is 18.5 Å². The van der Waals surface area contributed by atoms with E-state index in [1.165, 1.54) is 16.3 Å². The molecule has 1 aliphatic rings. The van der Waals surface area contributed by atoms with Gasteiger partial charge in [-0.1, -0.05) is 53.8 Å². The molecule has 2 aromatic carbocycles. The lowest BCUT2D eigenvalue weighted by Gasteiger charge is -2.24. The zero-order valence-corrected chi connectivity index (χ0v) is 16.4. The minimum Gasteiger partial charge on any atom is -0.283 e. The highest BCUT2D eigenvalue weighted by molar-refractivity contribution is 7.22. The number of hydrogen-bond donors (Lipinski definition) is 0. The Balaban J connectivity index is 1.65. The van der Waals surface area contributed by atoms with Gasteiger partial charge in [0, 0.05) is 26.4 Å². The summed E-state index contributed by atoms with van der Waals surface area (Å²) < 4.78 is 1.04. The van der Waals surface area contributed by atoms with Crippen molar-refractivity contribution in [2.24, 2.45) is 5.10 Å². The highest BCUT2D eigenvalue weighted by Crippen LogP contribution is 2.29. The zero-order valence-electron chi connectivity index (χ0n) is 15.5. The first-order valence-electron chi connectivity index (χ1n) is 9.17. The van der Waals surface area contributed by atoms with Crippen molar-refractivity contribution in [2.45, 2.75) is 19.3 Å². The molecule has 3 aromatic rings. The Morgan fingerprint density at radius 1 is 1.11 bits per heavy atom. The number of nitrogens with zero attached hydrogens (tertiary/aromatic N) is 4. The maximum atomic E-state index is 13.3. The van der Waals surface area contributed by atoms with E-state index >= 15 is 0 Å². The van der Waals surface area contributed by atoms with Crippen LogP contribution in [0.1, 0.15) is 18.4 Å². The second-order valence-electron chi connectivity index (χ2n) is 6.62. The predicted octanol–water partition coefficient (Wildman–Crippen LogP) is 3.48. The van der Waals surface area contributed by atoms with Crippen LogP contribution in [-0.2, 0) is 16.0 Å². The maximum absolute atomic E-state index is 13.3. The van der Waals surface area contributed by atoms with Crippen molar-refractivity contribution in [3.05, 3.63) is 60.2 Å². The molecule has 0 aliphatic carbocycles. The van der Waals surface area contributed by atoms with E-state index in [4.69, 9.17) is 0 Å². The summed E-state index contributed by atoms with van der Waals surface area (Å²) in [7, 11) is 1.58. The maximum Gasteiger partial charge on any atom is 0.276 e. The molecular formula is C21H20N4O2S. The largest absolute Gasteiger partial charge is 0.283 e. The summed E-state index contributed by atoms with van der Waals surface area (Å²) in [4.78, 5) is 31.3. The van der Waals surface area contributed by atoms with Gasteiger partial charge in [-0.25, -0.2) is 9.99 Å². The summed E-state index contributed by atoms with van der Waals surface area (Å²) in [5, 5.41) is 6.12. The van der Waals surface area contributed by atoms with E-state index in [2.05, 4.69) is 10.1 Å². The lowest BCUT2D eigenvalue weighted by molar-refractivity contribution is -0.130. The van der Waals surface area contributed by atoms with Crippen LogP contribution in [0.5, 0.6) is 0 Å². The molecule has 0 fully saturated rings. The second kappa shape index (κ2) is 7.90. The number of rotatable bonds is 5. The van der Waals surface area contributed by atoms with Crippen LogP contribution in [0.4, 0.5) is 5.13 Å². The van der Waals surface area contributed by atoms with Crippen LogP contribution in [0.3, 0.4) is 0 Å². The molecule has 7 heteroatoms. The molecule has 0 unspecified atom stereocenters. The Bertz CT molecular complexity index is 1010. The average molecular weight is 392 g/mol. The van der Waals surface area contributed by atoms with Gasteiger partial charge < -0.3 is 0 Å². The summed E-state index contributed by atoms with van der Waals surface area (Å²) in [6.07, 6.45) is 1.37. The lowest BCUT2D eigenvalue weighted by atomic mass is 10.1. The van der Waals surface area contributed by atoms with Crippen molar-refractivity contribution in [3.63, 3.8) is 0 Å². The molecule has 2 heterocycles. The zero-order chi connectivity index (χ0) is 19.5. The molecule has 0 saturated carbocycles. The molecule has 0 radical (unpaired) electrons. The molecule has 1 aromatic heterocycles. The third-order valence-corrected chi connectivity index (χ3v) is 5.74. The summed E-state index contributed by atoms with van der Waals surface area (Å²) in [6.45, 7) is 0.499. The van der Waals surface area contributed by atoms with Crippen molar-refractivity contribution < 1.29 is 9.59 Å². The van der Waals surface area contributed by atoms with Gasteiger partial charge in [-0.05, 0) is 24.1 Å². The first-order chi connectivity index (χ1) is 13.6. The smallest absolute Gasteiger partial charge is 0.276 e. The van der Waals surface area contributed by atoms with Crippen LogP contribution in [0.2, 0.25) is 0 Å². The summed E-state index contributed by atoms with van der Waals surface area (Å²) >= 11 is 1.49. The van der Waals surface area contributed by atoms with Gasteiger partial charge in [-0.2, -0.15) is 5.10 Å². The fraction of sp³-hybridized carbons (Fsp3) is 0.238. The normalized spacial score (nSPS) is 14.2. The van der Waals surface area contributed by atoms with Crippen LogP contribution in [-0.4, -0.2) is 41.1 Å². The number of carbonyl (C=O) groups excluding carboxylic acids is 2. The van der Waals surface area contributed by atoms with Gasteiger partial charge in [0.1, 0.15) is 5.71 Å². The van der Waals surface area contributed by atoms with E-state index in [9.17, 15) is 9.59 Å². The molecular weight excluding hydrogens is 372 g/mol. The topological polar surface area (TPSA) is 65.9 Å². The number of thiazole rings is 1. The van der Waals surface area contributed by atoms with E-state index in [0.29, 0.717) is 36.7 Å². The van der Waals surface area contributed by atoms with E-state index in [1.807, 2.05) is 54.6 Å². The van der Waals surface area contributed by atoms with Crippen molar-refractivity contribution in [1.29, 1.82) is 0 Å². The van der Waals surface area contributed by atoms with Crippen LogP contribution in [0.15, 0.2) is 59.7 Å². The first-order valence-corrected chi connectivity index (χ1v) is 9.99. The van der Waals surface area contributed by atoms with E-state index in [1.54, 1.807) is 11.9 Å². The number of aromatic nitrogens is 1. The molecule has 0 spiro atoms. The average Bonchev–Trinajstić information content (AvgIpc) is 3.14. The quantitative estimate of drug-likeness (QED) is 0.668. The van der Waals surface area contributed by atoms with Crippen molar-refractivity contribution in [1.82, 2.24) is 9.99 Å². The minimum absolute atomic E-state index is 0.0765. The summed E-state index contributed by atoms with van der Waals surface area (Å²) in [6, 6.07) is 17.9. The van der Waals surface area contributed by atoms with Gasteiger partial charge in [0.25, 0.3) is 5.91 Å². The van der Waals surface area contributed by atoms with Crippen LogP contribution < -0.4 is 4.90 Å². The molecule has 1 aliphatic heterocycles. The number of amides is 2. The Morgan fingerprint density at radius 3 is 2.61 bits per heavy atom. The monoisotopic (exact) mass is 392 g/mol. The SMILES string of the molecule is CN1N=C(C(=O)N(CCc2ccccc2)c2nc3ccccc3s2)CCC1=O. The second-order valence-corrected chi connectivity index (χ2v) is 7.63. The van der Waals surface area contributed by atoms with E-state index in [0.717, 1.165) is 15.8 Å². The van der Waals surface area contributed by atoms with Gasteiger partial charge in [-0.15, -0.1) is 0 Å². The fourth-order valence-corrected chi connectivity index (χ4v) is 4.11. The molecule has 2 amide bonds. The predicted molar refractivity (Wildman–Crippen MR) is 112 cm³/mol. The first kappa shape index (κ1) is 18.3. The molecule has 6 nitrogen and oxygen atoms in total. The number of fused-ring (bicyclic) bond motifs is 1. The van der Waals surface area contributed by atoms with Gasteiger partial charge in [0.15, 0.2) is 5.13 Å². The van der Waals surface area contributed by atoms with Gasteiger partial charge >= 0.3 is 0 Å². The molecule has 142 valence electrons. The lowest BCUT2D eigenvalue weighted by Crippen LogP contribution is -2.41. The number of para-hydroxylation sites is 1. The molecule has 4 rings (SSSR count). The highest BCUT2D eigenvalue weighted by atomic mass is 32.1. The molecule has 0 saturated heterocycles. The standard InChI is InChI=1S/C21H20N4O2S/c1-24-19(26)12-11-17(23-24)20(27)25(14-13-15-7-3-2-4-8-15)21-22-16-9-5-6-10-18(16)28-21/h2-10H,11-14H2,1H3. The third-order valence-electron chi connectivity index (χ3n) is 4.68. The van der Waals surface area contributed by atoms with Gasteiger partial charge in [-0.3, -0.25) is 14.5 Å². The number of hydrogen-bond acceptors (Lipinski definition) is 5. The van der Waals surface area contributed by atoms with Crippen LogP contribution in [0.25, 0.3) is 10.2 Å². The number of anilines is 1. The van der Waals surface area contributed by atoms with Crippen LogP contribution in [0, 0.1) is 0 Å². The highest BCUT2D eigenvalue weighted by Gasteiger charge is 2.28. The molecule has 0 atom stereocenters. The fourth-order valence-electron chi connectivity index (χ4n) is 3.12. The van der Waals surface area contributed by atoms with Crippen molar-refractivity contribution >= 4 is 44.2 Å². The van der Waals surface area contributed by atoms with Gasteiger partial charge in [0.2, 0.25) is 5.91 Å². The van der Waals surface area contributed by atoms with Gasteiger partial charge in [0.05, 0.1) is 10.2 Å². The molecule has 0 N–H and O–H groups in total. The van der Waals surface area contributed by atoms with Crippen LogP contribution >= 0.6 is 11.3 Å². The molecule has 0 bridgehead atoms. The summed E-state index contributed by atoms with van der Waals surface area (Å²) in [5.74, 6) is -0.262. The Kier molecular flexibility index (Phi) is 5.16. The Hall–Kier alpha value is -3.06. The number of hydrazone groups is 1. The Labute approximate surface area is 167 Å². The Morgan fingerprint density at radius 2 is 1.86 bits per heavy atom.